The van der Waals surface area contributed by atoms with Crippen molar-refractivity contribution in [1.82, 2.24) is 29.5 Å². The molecule has 2 bridgehead atoms. The Morgan fingerprint density at radius 2 is 1.96 bits per heavy atom. The van der Waals surface area contributed by atoms with Crippen LogP contribution >= 0.6 is 23.2 Å². The molecule has 5 aliphatic rings. The van der Waals surface area contributed by atoms with Gasteiger partial charge in [0.2, 0.25) is 11.8 Å². The first kappa shape index (κ1) is 34.4. The minimum absolute atomic E-state index is 0.0129. The molecule has 2 saturated carbocycles. The maximum Gasteiger partial charge on any atom is 0.504 e. The fourth-order valence-electron chi connectivity index (χ4n) is 8.75. The normalized spacial score (nSPS) is 23.9. The van der Waals surface area contributed by atoms with Crippen molar-refractivity contribution in [2.75, 3.05) is 13.1 Å². The molecule has 5 fully saturated rings. The minimum Gasteiger partial charge on any atom is -0.471 e. The van der Waals surface area contributed by atoms with E-state index in [9.17, 15) is 23.2 Å². The van der Waals surface area contributed by atoms with Gasteiger partial charge in [-0.3, -0.25) is 4.79 Å². The van der Waals surface area contributed by atoms with E-state index in [1.165, 1.54) is 6.07 Å². The van der Waals surface area contributed by atoms with Crippen molar-refractivity contribution >= 4 is 50.9 Å². The van der Waals surface area contributed by atoms with Gasteiger partial charge in [0.1, 0.15) is 11.6 Å². The number of aromatic nitrogens is 4. The Hall–Kier alpha value is -4.38. The first-order chi connectivity index (χ1) is 25.4. The highest BCUT2D eigenvalue weighted by atomic mass is 35.5. The molecule has 5 atom stereocenters. The molecule has 10 rings (SSSR count). The number of aryl methyl sites for hydroxylation is 2. The smallest absolute Gasteiger partial charge is 0.471 e. The van der Waals surface area contributed by atoms with Crippen LogP contribution in [-0.4, -0.2) is 55.4 Å². The van der Waals surface area contributed by atoms with E-state index in [1.807, 2.05) is 24.0 Å². The zero-order valence-corrected chi connectivity index (χ0v) is 29.9. The lowest BCUT2D eigenvalue weighted by atomic mass is 9.79. The summed E-state index contributed by atoms with van der Waals surface area (Å²) in [6.07, 6.45) is -1.22. The molecule has 53 heavy (non-hydrogen) atoms. The summed E-state index contributed by atoms with van der Waals surface area (Å²) in [5.74, 6) is -0.557. The van der Waals surface area contributed by atoms with Crippen molar-refractivity contribution in [1.29, 1.82) is 5.26 Å². The second-order valence-electron chi connectivity index (χ2n) is 14.6. The Bertz CT molecular complexity index is 2350. The molecular weight excluding hydrogens is 733 g/mol. The van der Waals surface area contributed by atoms with Gasteiger partial charge < -0.3 is 19.5 Å². The maximum absolute atomic E-state index is 17.1. The highest BCUT2D eigenvalue weighted by Gasteiger charge is 2.51. The topological polar surface area (TPSA) is 101 Å². The van der Waals surface area contributed by atoms with E-state index in [0.717, 1.165) is 48.6 Å². The predicted molar refractivity (Wildman–Crippen MR) is 190 cm³/mol. The third kappa shape index (κ3) is 5.63. The Kier molecular flexibility index (Phi) is 8.18. The van der Waals surface area contributed by atoms with Crippen LogP contribution in [0.15, 0.2) is 42.6 Å². The number of carbonyl (C=O) groups is 1. The quantitative estimate of drug-likeness (QED) is 0.159. The van der Waals surface area contributed by atoms with Crippen molar-refractivity contribution in [2.45, 2.75) is 76.0 Å². The van der Waals surface area contributed by atoms with Crippen molar-refractivity contribution in [2.24, 2.45) is 11.8 Å². The molecular formula is C38H33Cl2F4N7O2. The van der Waals surface area contributed by atoms with Crippen LogP contribution in [-0.2, 0) is 17.5 Å². The lowest BCUT2D eigenvalue weighted by Crippen LogP contribution is -2.41. The summed E-state index contributed by atoms with van der Waals surface area (Å²) in [7, 11) is 0. The van der Waals surface area contributed by atoms with Crippen LogP contribution in [0.25, 0.3) is 32.9 Å². The second-order valence-corrected chi connectivity index (χ2v) is 15.4. The van der Waals surface area contributed by atoms with Gasteiger partial charge in [0.15, 0.2) is 5.82 Å². The van der Waals surface area contributed by atoms with Crippen molar-refractivity contribution in [3.63, 3.8) is 0 Å². The third-order valence-corrected chi connectivity index (χ3v) is 12.2. The largest absolute Gasteiger partial charge is 0.504 e. The van der Waals surface area contributed by atoms with Crippen LogP contribution in [0.1, 0.15) is 61.1 Å². The average Bonchev–Trinajstić information content (AvgIpc) is 3.59. The molecule has 2 aromatic carbocycles. The fourth-order valence-corrected chi connectivity index (χ4v) is 9.15. The molecule has 3 aliphatic heterocycles. The Morgan fingerprint density at radius 1 is 1.15 bits per heavy atom. The fraction of sp³-hybridized carbons (Fsp3) is 0.421. The first-order valence-corrected chi connectivity index (χ1v) is 18.5. The maximum atomic E-state index is 17.1. The van der Waals surface area contributed by atoms with Gasteiger partial charge in [-0.05, 0) is 62.3 Å². The second kappa shape index (κ2) is 12.6. The number of hydrogen-bond acceptors (Lipinski definition) is 6. The van der Waals surface area contributed by atoms with Crippen molar-refractivity contribution in [3.05, 3.63) is 75.4 Å². The Morgan fingerprint density at radius 3 is 2.64 bits per heavy atom. The summed E-state index contributed by atoms with van der Waals surface area (Å²) in [4.78, 5) is 20.6. The molecule has 0 radical (unpaired) electrons. The van der Waals surface area contributed by atoms with Crippen LogP contribution in [0.5, 0.6) is 5.88 Å². The standard InChI is InChI=1S/C38H33Cl2F4N7O2/c1-18-24-15-29(28-14-22(17-49(28)37(52)19-7-8-19)53-30-9-11-50(48-30)38(42,43)44)51(35-21-13-27(35)46-16-21)36(24)25-12-20(4-3-10-45)31(33(41)34(25)47-18)23-5-2-6-26(39)32(23)40/h2,5-6,9,11-12,15,19,21-22,27-28,35,46H,3-4,7-8,13-14,16-17H2,1H3/t21-,22+,27-,28-,35+/m1/s1. The van der Waals surface area contributed by atoms with Gasteiger partial charge in [0.05, 0.1) is 40.3 Å². The number of nitrogens with one attached hydrogen (secondary N) is 1. The summed E-state index contributed by atoms with van der Waals surface area (Å²) in [6, 6.07) is 12.1. The molecule has 3 aromatic heterocycles. The van der Waals surface area contributed by atoms with Crippen LogP contribution in [0.2, 0.25) is 10.0 Å². The average molecular weight is 767 g/mol. The van der Waals surface area contributed by atoms with E-state index in [0.29, 0.717) is 34.5 Å². The van der Waals surface area contributed by atoms with Gasteiger partial charge in [0.25, 0.3) is 0 Å². The first-order valence-electron chi connectivity index (χ1n) is 17.7. The molecule has 9 nitrogen and oxygen atoms in total. The number of nitrogens with zero attached hydrogens (tertiary/aromatic N) is 6. The predicted octanol–water partition coefficient (Wildman–Crippen LogP) is 8.40. The number of halogens is 6. The molecule has 3 saturated heterocycles. The molecule has 0 spiro atoms. The van der Waals surface area contributed by atoms with E-state index < -0.39 is 24.3 Å². The summed E-state index contributed by atoms with van der Waals surface area (Å²) >= 11 is 13.0. The van der Waals surface area contributed by atoms with Gasteiger partial charge in [0, 0.05) is 76.9 Å². The van der Waals surface area contributed by atoms with Crippen LogP contribution < -0.4 is 10.1 Å². The molecule has 1 amide bonds. The van der Waals surface area contributed by atoms with Gasteiger partial charge in [-0.2, -0.15) is 9.94 Å². The van der Waals surface area contributed by atoms with E-state index in [1.54, 1.807) is 18.2 Å². The summed E-state index contributed by atoms with van der Waals surface area (Å²) < 4.78 is 65.3. The monoisotopic (exact) mass is 765 g/mol. The van der Waals surface area contributed by atoms with Gasteiger partial charge in [-0.25, -0.2) is 9.37 Å². The van der Waals surface area contributed by atoms with E-state index >= 15 is 4.39 Å². The summed E-state index contributed by atoms with van der Waals surface area (Å²) in [6.45, 7) is 2.84. The number of alkyl halides is 3. The van der Waals surface area contributed by atoms with E-state index in [4.69, 9.17) is 32.9 Å². The Labute approximate surface area is 311 Å². The minimum atomic E-state index is -4.69. The summed E-state index contributed by atoms with van der Waals surface area (Å²) in [5.41, 5.74) is 3.65. The zero-order valence-electron chi connectivity index (χ0n) is 28.4. The molecule has 2 aliphatic carbocycles. The van der Waals surface area contributed by atoms with Crippen LogP contribution in [0.3, 0.4) is 0 Å². The molecule has 15 heteroatoms. The van der Waals surface area contributed by atoms with Crippen molar-refractivity contribution in [3.8, 4) is 23.1 Å². The highest BCUT2D eigenvalue weighted by Crippen LogP contribution is 2.51. The number of fused-ring (bicyclic) bond motifs is 4. The summed E-state index contributed by atoms with van der Waals surface area (Å²) in [5, 5.41) is 18.6. The number of hydrogen-bond donors (Lipinski definition) is 1. The molecule has 5 aromatic rings. The van der Waals surface area contributed by atoms with E-state index in [2.05, 4.69) is 21.1 Å². The number of nitriles is 1. The zero-order chi connectivity index (χ0) is 36.9. The highest BCUT2D eigenvalue weighted by molar-refractivity contribution is 6.43. The van der Waals surface area contributed by atoms with Crippen LogP contribution in [0.4, 0.5) is 17.6 Å². The number of pyridine rings is 1. The Balaban J connectivity index is 1.23. The van der Waals surface area contributed by atoms with Gasteiger partial charge in [-0.15, -0.1) is 18.3 Å². The molecule has 274 valence electrons. The lowest BCUT2D eigenvalue weighted by molar-refractivity contribution is -0.212. The molecule has 6 heterocycles. The molecule has 1 N–H and O–H groups in total. The van der Waals surface area contributed by atoms with Gasteiger partial charge in [-0.1, -0.05) is 35.3 Å². The number of rotatable bonds is 8. The van der Waals surface area contributed by atoms with Gasteiger partial charge >= 0.3 is 6.30 Å². The number of amides is 1. The number of ether oxygens (including phenoxy) is 1. The van der Waals surface area contributed by atoms with E-state index in [-0.39, 0.29) is 75.0 Å². The SMILES string of the molecule is Cc1nc2c(F)c(-c3cccc(Cl)c3Cl)c(CCC#N)cc2c2c1cc([C@H]1C[C@H](Oc3ccn(C(F)(F)F)n3)CN1C(=O)C1CC1)n2[C@H]1[C@H]2CN[C@@H]1C2. The number of likely N-dealkylation sites (tertiary alicyclic amines) is 1. The van der Waals surface area contributed by atoms with Crippen molar-refractivity contribution < 1.29 is 27.1 Å². The van der Waals surface area contributed by atoms with Crippen LogP contribution in [0, 0.1) is 35.9 Å². The number of benzene rings is 2. The lowest BCUT2D eigenvalue weighted by Gasteiger charge is -2.39. The number of carbonyl (C=O) groups excluding carboxylic acids is 1. The molecule has 0 unspecified atom stereocenters. The third-order valence-electron chi connectivity index (χ3n) is 11.4.